The van der Waals surface area contributed by atoms with Gasteiger partial charge in [0.25, 0.3) is 5.69 Å². The molecular formula is C13H19N3O2. The summed E-state index contributed by atoms with van der Waals surface area (Å²) in [7, 11) is 2.12. The Hall–Kier alpha value is -1.62. The van der Waals surface area contributed by atoms with E-state index in [1.807, 2.05) is 6.07 Å². The monoisotopic (exact) mass is 249 g/mol. The highest BCUT2D eigenvalue weighted by atomic mass is 16.6. The first-order chi connectivity index (χ1) is 8.58. The summed E-state index contributed by atoms with van der Waals surface area (Å²) in [5.74, 6) is 0.633. The minimum atomic E-state index is -0.330. The molecule has 1 aliphatic heterocycles. The third-order valence-corrected chi connectivity index (χ3v) is 3.57. The zero-order chi connectivity index (χ0) is 13.1. The number of anilines is 1. The molecule has 1 saturated heterocycles. The Morgan fingerprint density at radius 1 is 1.56 bits per heavy atom. The lowest BCUT2D eigenvalue weighted by Crippen LogP contribution is -2.19. The molecule has 98 valence electrons. The summed E-state index contributed by atoms with van der Waals surface area (Å²) >= 11 is 0. The first kappa shape index (κ1) is 12.8. The minimum Gasteiger partial charge on any atom is -0.384 e. The molecule has 1 heterocycles. The molecular weight excluding hydrogens is 230 g/mol. The smallest absolute Gasteiger partial charge is 0.274 e. The lowest BCUT2D eigenvalue weighted by molar-refractivity contribution is -0.385. The molecule has 1 N–H and O–H groups in total. The molecule has 1 aromatic carbocycles. The molecule has 5 nitrogen and oxygen atoms in total. The molecule has 18 heavy (non-hydrogen) atoms. The van der Waals surface area contributed by atoms with Crippen LogP contribution in [0.25, 0.3) is 0 Å². The maximum atomic E-state index is 10.8. The van der Waals surface area contributed by atoms with Crippen LogP contribution in [0, 0.1) is 23.0 Å². The molecule has 0 amide bonds. The van der Waals surface area contributed by atoms with E-state index in [-0.39, 0.29) is 10.6 Å². The van der Waals surface area contributed by atoms with Gasteiger partial charge in [0.2, 0.25) is 0 Å². The zero-order valence-corrected chi connectivity index (χ0v) is 10.8. The summed E-state index contributed by atoms with van der Waals surface area (Å²) in [5, 5.41) is 14.2. The third-order valence-electron chi connectivity index (χ3n) is 3.57. The standard InChI is InChI=1S/C13H19N3O2/c1-10-12(4-3-5-13(10)16(17)18)14-8-11-6-7-15(2)9-11/h3-5,11,14H,6-9H2,1-2H3. The van der Waals surface area contributed by atoms with E-state index in [2.05, 4.69) is 17.3 Å². The molecule has 2 rings (SSSR count). The van der Waals surface area contributed by atoms with Crippen LogP contribution in [-0.2, 0) is 0 Å². The second-order valence-corrected chi connectivity index (χ2v) is 5.00. The normalized spacial score (nSPS) is 20.0. The van der Waals surface area contributed by atoms with Gasteiger partial charge < -0.3 is 10.2 Å². The van der Waals surface area contributed by atoms with Crippen LogP contribution in [0.1, 0.15) is 12.0 Å². The van der Waals surface area contributed by atoms with Gasteiger partial charge in [-0.25, -0.2) is 0 Å². The van der Waals surface area contributed by atoms with E-state index >= 15 is 0 Å². The Kier molecular flexibility index (Phi) is 3.81. The molecule has 0 spiro atoms. The fourth-order valence-corrected chi connectivity index (χ4v) is 2.46. The molecule has 1 aromatic rings. The van der Waals surface area contributed by atoms with Crippen molar-refractivity contribution in [2.45, 2.75) is 13.3 Å². The molecule has 0 radical (unpaired) electrons. The number of hydrogen-bond donors (Lipinski definition) is 1. The van der Waals surface area contributed by atoms with E-state index < -0.39 is 0 Å². The van der Waals surface area contributed by atoms with E-state index in [0.29, 0.717) is 11.5 Å². The topological polar surface area (TPSA) is 58.4 Å². The molecule has 0 saturated carbocycles. The van der Waals surface area contributed by atoms with E-state index in [9.17, 15) is 10.1 Å². The van der Waals surface area contributed by atoms with Crippen LogP contribution in [0.4, 0.5) is 11.4 Å². The molecule has 1 fully saturated rings. The summed E-state index contributed by atoms with van der Waals surface area (Å²) in [4.78, 5) is 12.8. The molecule has 1 aliphatic rings. The summed E-state index contributed by atoms with van der Waals surface area (Å²) in [5.41, 5.74) is 1.77. The first-order valence-electron chi connectivity index (χ1n) is 6.24. The van der Waals surface area contributed by atoms with Crippen LogP contribution in [-0.4, -0.2) is 36.5 Å². The molecule has 5 heteroatoms. The predicted octanol–water partition coefficient (Wildman–Crippen LogP) is 2.27. The predicted molar refractivity (Wildman–Crippen MR) is 71.9 cm³/mol. The van der Waals surface area contributed by atoms with Gasteiger partial charge in [0.15, 0.2) is 0 Å². The van der Waals surface area contributed by atoms with Gasteiger partial charge in [0, 0.05) is 30.4 Å². The Morgan fingerprint density at radius 2 is 2.33 bits per heavy atom. The lowest BCUT2D eigenvalue weighted by Gasteiger charge is -2.14. The van der Waals surface area contributed by atoms with Crippen LogP contribution < -0.4 is 5.32 Å². The summed E-state index contributed by atoms with van der Waals surface area (Å²) < 4.78 is 0. The van der Waals surface area contributed by atoms with Crippen molar-refractivity contribution < 1.29 is 4.92 Å². The summed E-state index contributed by atoms with van der Waals surface area (Å²) in [6.45, 7) is 4.91. The van der Waals surface area contributed by atoms with Crippen molar-refractivity contribution in [1.82, 2.24) is 4.90 Å². The number of nitro benzene ring substituents is 1. The Morgan fingerprint density at radius 3 is 2.94 bits per heavy atom. The maximum Gasteiger partial charge on any atom is 0.274 e. The van der Waals surface area contributed by atoms with Crippen molar-refractivity contribution in [3.63, 3.8) is 0 Å². The molecule has 1 unspecified atom stereocenters. The highest BCUT2D eigenvalue weighted by Gasteiger charge is 2.20. The van der Waals surface area contributed by atoms with Gasteiger partial charge in [0.1, 0.15) is 0 Å². The van der Waals surface area contributed by atoms with Crippen molar-refractivity contribution in [3.8, 4) is 0 Å². The lowest BCUT2D eigenvalue weighted by atomic mass is 10.1. The van der Waals surface area contributed by atoms with Crippen LogP contribution >= 0.6 is 0 Å². The Balaban J connectivity index is 2.01. The number of nitrogens with zero attached hydrogens (tertiary/aromatic N) is 2. The average Bonchev–Trinajstić information content (AvgIpc) is 2.73. The van der Waals surface area contributed by atoms with Crippen molar-refractivity contribution in [1.29, 1.82) is 0 Å². The highest BCUT2D eigenvalue weighted by Crippen LogP contribution is 2.25. The Bertz CT molecular complexity index is 448. The third kappa shape index (κ3) is 2.79. The second kappa shape index (κ2) is 5.35. The van der Waals surface area contributed by atoms with E-state index in [1.54, 1.807) is 19.1 Å². The van der Waals surface area contributed by atoms with Crippen LogP contribution in [0.5, 0.6) is 0 Å². The number of likely N-dealkylation sites (tertiary alicyclic amines) is 1. The number of nitro groups is 1. The van der Waals surface area contributed by atoms with E-state index in [0.717, 1.165) is 25.3 Å². The minimum absolute atomic E-state index is 0.184. The van der Waals surface area contributed by atoms with Gasteiger partial charge in [-0.1, -0.05) is 6.07 Å². The van der Waals surface area contributed by atoms with Crippen LogP contribution in [0.2, 0.25) is 0 Å². The first-order valence-corrected chi connectivity index (χ1v) is 6.24. The highest BCUT2D eigenvalue weighted by molar-refractivity contribution is 5.59. The van der Waals surface area contributed by atoms with E-state index in [1.165, 1.54) is 6.42 Å². The molecule has 0 bridgehead atoms. The largest absolute Gasteiger partial charge is 0.384 e. The fraction of sp³-hybridized carbons (Fsp3) is 0.538. The van der Waals surface area contributed by atoms with Gasteiger partial charge in [0.05, 0.1) is 4.92 Å². The molecule has 0 aromatic heterocycles. The summed E-state index contributed by atoms with van der Waals surface area (Å²) in [6, 6.07) is 5.18. The van der Waals surface area contributed by atoms with Crippen molar-refractivity contribution in [2.75, 3.05) is 32.0 Å². The molecule has 0 aliphatic carbocycles. The molecule has 1 atom stereocenters. The number of hydrogen-bond acceptors (Lipinski definition) is 4. The van der Waals surface area contributed by atoms with Crippen LogP contribution in [0.3, 0.4) is 0 Å². The maximum absolute atomic E-state index is 10.8. The van der Waals surface area contributed by atoms with Gasteiger partial charge >= 0.3 is 0 Å². The quantitative estimate of drug-likeness (QED) is 0.657. The Labute approximate surface area is 107 Å². The van der Waals surface area contributed by atoms with Gasteiger partial charge in [-0.2, -0.15) is 0 Å². The van der Waals surface area contributed by atoms with E-state index in [4.69, 9.17) is 0 Å². The zero-order valence-electron chi connectivity index (χ0n) is 10.8. The summed E-state index contributed by atoms with van der Waals surface area (Å²) in [6.07, 6.45) is 1.19. The van der Waals surface area contributed by atoms with Gasteiger partial charge in [-0.15, -0.1) is 0 Å². The van der Waals surface area contributed by atoms with Gasteiger partial charge in [-0.3, -0.25) is 10.1 Å². The van der Waals surface area contributed by atoms with Gasteiger partial charge in [-0.05, 0) is 38.9 Å². The van der Waals surface area contributed by atoms with Crippen molar-refractivity contribution in [2.24, 2.45) is 5.92 Å². The number of rotatable bonds is 4. The number of benzene rings is 1. The fourth-order valence-electron chi connectivity index (χ4n) is 2.46. The SMILES string of the molecule is Cc1c(NCC2CCN(C)C2)cccc1[N+](=O)[O-]. The second-order valence-electron chi connectivity index (χ2n) is 5.00. The van der Waals surface area contributed by atoms with Crippen LogP contribution in [0.15, 0.2) is 18.2 Å². The number of nitrogens with one attached hydrogen (secondary N) is 1. The average molecular weight is 249 g/mol. The van der Waals surface area contributed by atoms with Crippen molar-refractivity contribution in [3.05, 3.63) is 33.9 Å². The van der Waals surface area contributed by atoms with Crippen molar-refractivity contribution >= 4 is 11.4 Å².